The van der Waals surface area contributed by atoms with E-state index in [0.29, 0.717) is 23.9 Å². The maximum Gasteiger partial charge on any atom is 0.243 e. The maximum absolute atomic E-state index is 12.7. The van der Waals surface area contributed by atoms with E-state index in [-0.39, 0.29) is 0 Å². The first-order valence-electron chi connectivity index (χ1n) is 6.67. The van der Waals surface area contributed by atoms with Gasteiger partial charge in [-0.1, -0.05) is 34.1 Å². The van der Waals surface area contributed by atoms with Gasteiger partial charge >= 0.3 is 0 Å². The second kappa shape index (κ2) is 6.37. The summed E-state index contributed by atoms with van der Waals surface area (Å²) in [6.07, 6.45) is 3.13. The number of sulfonamides is 1. The van der Waals surface area contributed by atoms with Crippen molar-refractivity contribution >= 4 is 26.0 Å². The molecule has 0 radical (unpaired) electrons. The van der Waals surface area contributed by atoms with Crippen molar-refractivity contribution in [1.29, 1.82) is 0 Å². The summed E-state index contributed by atoms with van der Waals surface area (Å²) in [6.45, 7) is 3.16. The summed E-state index contributed by atoms with van der Waals surface area (Å²) in [7, 11) is -3.33. The molecule has 1 aliphatic rings. The van der Waals surface area contributed by atoms with Crippen LogP contribution in [0.25, 0.3) is 0 Å². The van der Waals surface area contributed by atoms with Crippen molar-refractivity contribution in [3.63, 3.8) is 0 Å². The second-order valence-electron chi connectivity index (χ2n) is 5.11. The van der Waals surface area contributed by atoms with Crippen molar-refractivity contribution in [2.45, 2.75) is 31.1 Å². The first-order chi connectivity index (χ1) is 9.05. The van der Waals surface area contributed by atoms with Gasteiger partial charge < -0.3 is 0 Å². The first-order valence-corrected chi connectivity index (χ1v) is 9.23. The topological polar surface area (TPSA) is 37.4 Å². The fraction of sp³-hybridized carbons (Fsp3) is 0.571. The third-order valence-corrected chi connectivity index (χ3v) is 6.19. The molecule has 1 atom stereocenters. The van der Waals surface area contributed by atoms with Gasteiger partial charge in [0.15, 0.2) is 0 Å². The number of benzene rings is 1. The smallest absolute Gasteiger partial charge is 0.207 e. The van der Waals surface area contributed by atoms with E-state index < -0.39 is 10.0 Å². The van der Waals surface area contributed by atoms with Gasteiger partial charge in [0.1, 0.15) is 0 Å². The molecule has 0 aliphatic carbocycles. The molecule has 106 valence electrons. The molecule has 0 spiro atoms. The molecule has 3 nitrogen and oxygen atoms in total. The molecular weight excluding hydrogens is 326 g/mol. The third kappa shape index (κ3) is 3.38. The number of hydrogen-bond donors (Lipinski definition) is 0. The Bertz CT molecular complexity index is 528. The van der Waals surface area contributed by atoms with Crippen LogP contribution in [0.5, 0.6) is 0 Å². The van der Waals surface area contributed by atoms with E-state index in [1.165, 1.54) is 0 Å². The highest BCUT2D eigenvalue weighted by Crippen LogP contribution is 2.27. The molecule has 1 aromatic carbocycles. The summed E-state index contributed by atoms with van der Waals surface area (Å²) in [5, 5.41) is 0.940. The molecular formula is C14H20BrNO2S. The van der Waals surface area contributed by atoms with Gasteiger partial charge in [-0.3, -0.25) is 0 Å². The molecule has 1 heterocycles. The summed E-state index contributed by atoms with van der Waals surface area (Å²) >= 11 is 3.44. The Morgan fingerprint density at radius 1 is 1.37 bits per heavy atom. The number of piperidine rings is 1. The van der Waals surface area contributed by atoms with Crippen molar-refractivity contribution in [3.05, 3.63) is 29.8 Å². The Kier molecular flexibility index (Phi) is 5.03. The summed E-state index contributed by atoms with van der Waals surface area (Å²) in [6, 6.07) is 7.23. The van der Waals surface area contributed by atoms with Gasteiger partial charge in [0.2, 0.25) is 10.0 Å². The van der Waals surface area contributed by atoms with Gasteiger partial charge in [0.25, 0.3) is 0 Å². The highest BCUT2D eigenvalue weighted by atomic mass is 79.9. The van der Waals surface area contributed by atoms with E-state index in [2.05, 4.69) is 15.9 Å². The van der Waals surface area contributed by atoms with E-state index >= 15 is 0 Å². The van der Waals surface area contributed by atoms with E-state index in [1.54, 1.807) is 16.4 Å². The number of nitrogens with zero attached hydrogens (tertiary/aromatic N) is 1. The first kappa shape index (κ1) is 15.0. The molecule has 5 heteroatoms. The normalized spacial score (nSPS) is 21.5. The van der Waals surface area contributed by atoms with Crippen LogP contribution in [0, 0.1) is 12.8 Å². The lowest BCUT2D eigenvalue weighted by molar-refractivity contribution is 0.263. The number of hydrogen-bond acceptors (Lipinski definition) is 2. The van der Waals surface area contributed by atoms with Gasteiger partial charge in [0.05, 0.1) is 4.90 Å². The fourth-order valence-corrected chi connectivity index (χ4v) is 5.05. The largest absolute Gasteiger partial charge is 0.243 e. The molecule has 1 saturated heterocycles. The summed E-state index contributed by atoms with van der Waals surface area (Å²) in [4.78, 5) is 0.453. The van der Waals surface area contributed by atoms with Gasteiger partial charge in [-0.05, 0) is 43.7 Å². The quantitative estimate of drug-likeness (QED) is 0.786. The average Bonchev–Trinajstić information content (AvgIpc) is 2.40. The third-order valence-electron chi connectivity index (χ3n) is 3.71. The molecule has 19 heavy (non-hydrogen) atoms. The van der Waals surface area contributed by atoms with Crippen LogP contribution in [0.3, 0.4) is 0 Å². The molecule has 1 unspecified atom stereocenters. The minimum Gasteiger partial charge on any atom is -0.207 e. The monoisotopic (exact) mass is 345 g/mol. The van der Waals surface area contributed by atoms with E-state index in [1.807, 2.05) is 19.1 Å². The van der Waals surface area contributed by atoms with Crippen LogP contribution in [0.4, 0.5) is 0 Å². The summed E-state index contributed by atoms with van der Waals surface area (Å²) in [5.74, 6) is 0.479. The zero-order chi connectivity index (χ0) is 13.9. The van der Waals surface area contributed by atoms with E-state index in [9.17, 15) is 8.42 Å². The Balaban J connectivity index is 2.22. The number of alkyl halides is 1. The molecule has 0 saturated carbocycles. The summed E-state index contributed by atoms with van der Waals surface area (Å²) < 4.78 is 27.0. The Morgan fingerprint density at radius 3 is 2.79 bits per heavy atom. The van der Waals surface area contributed by atoms with Crippen molar-refractivity contribution in [2.75, 3.05) is 18.4 Å². The van der Waals surface area contributed by atoms with Gasteiger partial charge in [-0.15, -0.1) is 0 Å². The molecule has 2 rings (SSSR count). The van der Waals surface area contributed by atoms with Crippen molar-refractivity contribution < 1.29 is 8.42 Å². The van der Waals surface area contributed by atoms with E-state index in [0.717, 1.165) is 30.2 Å². The Labute approximate surface area is 124 Å². The van der Waals surface area contributed by atoms with Crippen LogP contribution in [-0.2, 0) is 10.0 Å². The van der Waals surface area contributed by atoms with Gasteiger partial charge in [-0.2, -0.15) is 4.31 Å². The average molecular weight is 346 g/mol. The fourth-order valence-electron chi connectivity index (χ4n) is 2.62. The standard InChI is InChI=1S/C14H20BrNO2S/c1-12-5-2-3-7-14(12)19(17,18)16-10-4-6-13(11-16)8-9-15/h2-3,5,7,13H,4,6,8-11H2,1H3. The molecule has 0 aromatic heterocycles. The summed E-state index contributed by atoms with van der Waals surface area (Å²) in [5.41, 5.74) is 0.824. The molecule has 1 fully saturated rings. The predicted octanol–water partition coefficient (Wildman–Crippen LogP) is 3.18. The van der Waals surface area contributed by atoms with Crippen LogP contribution in [0.2, 0.25) is 0 Å². The van der Waals surface area contributed by atoms with Gasteiger partial charge in [0, 0.05) is 18.4 Å². The van der Waals surface area contributed by atoms with Crippen LogP contribution >= 0.6 is 15.9 Å². The van der Waals surface area contributed by atoms with Crippen LogP contribution in [0.15, 0.2) is 29.2 Å². The van der Waals surface area contributed by atoms with Crippen molar-refractivity contribution in [2.24, 2.45) is 5.92 Å². The minimum atomic E-state index is -3.33. The zero-order valence-corrected chi connectivity index (χ0v) is 13.6. The lowest BCUT2D eigenvalue weighted by atomic mass is 9.97. The van der Waals surface area contributed by atoms with Crippen molar-refractivity contribution in [3.8, 4) is 0 Å². The highest BCUT2D eigenvalue weighted by molar-refractivity contribution is 9.09. The van der Waals surface area contributed by atoms with Crippen LogP contribution in [-0.4, -0.2) is 31.1 Å². The molecule has 0 bridgehead atoms. The SMILES string of the molecule is Cc1ccccc1S(=O)(=O)N1CCCC(CCBr)C1. The Hall–Kier alpha value is -0.390. The number of aryl methyl sites for hydroxylation is 1. The highest BCUT2D eigenvalue weighted by Gasteiger charge is 2.30. The van der Waals surface area contributed by atoms with Crippen molar-refractivity contribution in [1.82, 2.24) is 4.31 Å². The zero-order valence-electron chi connectivity index (χ0n) is 11.2. The number of halogens is 1. The molecule has 1 aromatic rings. The second-order valence-corrected chi connectivity index (χ2v) is 7.81. The van der Waals surface area contributed by atoms with Gasteiger partial charge in [-0.25, -0.2) is 8.42 Å². The van der Waals surface area contributed by atoms with Crippen LogP contribution in [0.1, 0.15) is 24.8 Å². The van der Waals surface area contributed by atoms with E-state index in [4.69, 9.17) is 0 Å². The Morgan fingerprint density at radius 2 is 2.11 bits per heavy atom. The molecule has 1 aliphatic heterocycles. The number of rotatable bonds is 4. The lowest BCUT2D eigenvalue weighted by Crippen LogP contribution is -2.40. The molecule has 0 N–H and O–H groups in total. The predicted molar refractivity (Wildman–Crippen MR) is 81.1 cm³/mol. The molecule has 0 amide bonds. The van der Waals surface area contributed by atoms with Crippen LogP contribution < -0.4 is 0 Å². The lowest BCUT2D eigenvalue weighted by Gasteiger charge is -2.32. The minimum absolute atomic E-state index is 0.453. The maximum atomic E-state index is 12.7.